The van der Waals surface area contributed by atoms with Gasteiger partial charge in [0.05, 0.1) is 11.1 Å². The Bertz CT molecular complexity index is 372. The van der Waals surface area contributed by atoms with Crippen molar-refractivity contribution in [3.05, 3.63) is 29.3 Å². The zero-order chi connectivity index (χ0) is 10.0. The largest absolute Gasteiger partial charge is 0.507 e. The molecule has 0 fully saturated rings. The molecule has 0 unspecified atom stereocenters. The summed E-state index contributed by atoms with van der Waals surface area (Å²) in [5.74, 6) is -2.36. The first-order valence-electron chi connectivity index (χ1n) is 3.38. The molecule has 1 aromatic carbocycles. The molecular formula is C8H7NO4. The van der Waals surface area contributed by atoms with E-state index in [9.17, 15) is 9.59 Å². The number of amides is 1. The number of phenols is 1. The quantitative estimate of drug-likeness (QED) is 0.606. The van der Waals surface area contributed by atoms with Gasteiger partial charge in [-0.1, -0.05) is 0 Å². The zero-order valence-electron chi connectivity index (χ0n) is 6.52. The molecule has 0 saturated carbocycles. The van der Waals surface area contributed by atoms with E-state index in [1.807, 2.05) is 0 Å². The lowest BCUT2D eigenvalue weighted by molar-refractivity contribution is 0.0697. The van der Waals surface area contributed by atoms with Gasteiger partial charge in [-0.3, -0.25) is 4.79 Å². The van der Waals surface area contributed by atoms with Crippen LogP contribution in [0.3, 0.4) is 0 Å². The minimum Gasteiger partial charge on any atom is -0.507 e. The number of carbonyl (C=O) groups excluding carboxylic acids is 1. The second kappa shape index (κ2) is 3.14. The summed E-state index contributed by atoms with van der Waals surface area (Å²) in [6, 6.07) is 3.33. The molecule has 0 aromatic heterocycles. The minimum atomic E-state index is -1.18. The maximum atomic E-state index is 10.7. The first kappa shape index (κ1) is 9.05. The van der Waals surface area contributed by atoms with Crippen LogP contribution in [0.5, 0.6) is 5.75 Å². The summed E-state index contributed by atoms with van der Waals surface area (Å²) in [4.78, 5) is 21.1. The Labute approximate surface area is 73.4 Å². The van der Waals surface area contributed by atoms with E-state index in [1.165, 1.54) is 6.07 Å². The average Bonchev–Trinajstić information content (AvgIpc) is 2.04. The Hall–Kier alpha value is -2.04. The molecule has 5 nitrogen and oxygen atoms in total. The van der Waals surface area contributed by atoms with E-state index in [0.29, 0.717) is 0 Å². The number of carbonyl (C=O) groups is 2. The predicted octanol–water partition coefficient (Wildman–Crippen LogP) is 0.189. The lowest BCUT2D eigenvalue weighted by atomic mass is 10.1. The molecule has 1 aromatic rings. The predicted molar refractivity (Wildman–Crippen MR) is 43.6 cm³/mol. The first-order valence-corrected chi connectivity index (χ1v) is 3.38. The minimum absolute atomic E-state index is 0.0911. The van der Waals surface area contributed by atoms with Gasteiger partial charge < -0.3 is 15.9 Å². The van der Waals surface area contributed by atoms with Crippen molar-refractivity contribution in [3.8, 4) is 5.75 Å². The average molecular weight is 181 g/mol. The number of aromatic carboxylic acids is 1. The Morgan fingerprint density at radius 3 is 2.38 bits per heavy atom. The smallest absolute Gasteiger partial charge is 0.335 e. The lowest BCUT2D eigenvalue weighted by Gasteiger charge is -2.00. The SMILES string of the molecule is NC(=O)c1cc(C(=O)O)ccc1O. The van der Waals surface area contributed by atoms with Gasteiger partial charge in [0.1, 0.15) is 5.75 Å². The van der Waals surface area contributed by atoms with Crippen LogP contribution in [0.2, 0.25) is 0 Å². The van der Waals surface area contributed by atoms with Gasteiger partial charge in [-0.15, -0.1) is 0 Å². The van der Waals surface area contributed by atoms with Crippen LogP contribution in [-0.2, 0) is 0 Å². The molecule has 5 heteroatoms. The fourth-order valence-corrected chi connectivity index (χ4v) is 0.866. The summed E-state index contributed by atoms with van der Waals surface area (Å²) >= 11 is 0. The van der Waals surface area contributed by atoms with Crippen LogP contribution >= 0.6 is 0 Å². The summed E-state index contributed by atoms with van der Waals surface area (Å²) in [7, 11) is 0. The molecule has 68 valence electrons. The number of hydrogen-bond acceptors (Lipinski definition) is 3. The molecule has 4 N–H and O–H groups in total. The van der Waals surface area contributed by atoms with Crippen molar-refractivity contribution >= 4 is 11.9 Å². The second-order valence-electron chi connectivity index (χ2n) is 2.40. The van der Waals surface area contributed by atoms with Crippen LogP contribution in [0.4, 0.5) is 0 Å². The fraction of sp³-hybridized carbons (Fsp3) is 0. The van der Waals surface area contributed by atoms with Gasteiger partial charge in [0, 0.05) is 0 Å². The van der Waals surface area contributed by atoms with Crippen LogP contribution < -0.4 is 5.73 Å². The van der Waals surface area contributed by atoms with Crippen molar-refractivity contribution in [2.24, 2.45) is 5.73 Å². The molecular weight excluding hydrogens is 174 g/mol. The van der Waals surface area contributed by atoms with E-state index in [4.69, 9.17) is 15.9 Å². The highest BCUT2D eigenvalue weighted by Gasteiger charge is 2.11. The molecule has 13 heavy (non-hydrogen) atoms. The van der Waals surface area contributed by atoms with Crippen LogP contribution in [0, 0.1) is 0 Å². The Kier molecular flexibility index (Phi) is 2.19. The zero-order valence-corrected chi connectivity index (χ0v) is 6.52. The Balaban J connectivity index is 3.27. The van der Waals surface area contributed by atoms with Crippen molar-refractivity contribution in [2.75, 3.05) is 0 Å². The van der Waals surface area contributed by atoms with Crippen molar-refractivity contribution in [1.29, 1.82) is 0 Å². The molecule has 0 aliphatic heterocycles. The second-order valence-corrected chi connectivity index (χ2v) is 2.40. The third-order valence-electron chi connectivity index (χ3n) is 1.51. The summed E-state index contributed by atoms with van der Waals surface area (Å²) in [6.45, 7) is 0. The maximum Gasteiger partial charge on any atom is 0.335 e. The molecule has 1 rings (SSSR count). The molecule has 0 saturated heterocycles. The third-order valence-corrected chi connectivity index (χ3v) is 1.51. The molecule has 0 heterocycles. The molecule has 0 bridgehead atoms. The van der Waals surface area contributed by atoms with Gasteiger partial charge >= 0.3 is 5.97 Å². The summed E-state index contributed by atoms with van der Waals surface area (Å²) < 4.78 is 0. The van der Waals surface area contributed by atoms with Gasteiger partial charge in [0.15, 0.2) is 0 Å². The molecule has 0 aliphatic rings. The standard InChI is InChI=1S/C8H7NO4/c9-7(11)5-3-4(8(12)13)1-2-6(5)10/h1-3,10H,(H2,9,11)(H,12,13). The summed E-state index contributed by atoms with van der Waals surface area (Å²) in [6.07, 6.45) is 0. The normalized spacial score (nSPS) is 9.54. The number of carboxylic acids is 1. The number of rotatable bonds is 2. The van der Waals surface area contributed by atoms with Gasteiger partial charge in [-0.2, -0.15) is 0 Å². The first-order chi connectivity index (χ1) is 6.02. The van der Waals surface area contributed by atoms with Gasteiger partial charge in [-0.25, -0.2) is 4.79 Å². The molecule has 0 spiro atoms. The number of aromatic hydroxyl groups is 1. The van der Waals surface area contributed by atoms with E-state index in [2.05, 4.69) is 0 Å². The summed E-state index contributed by atoms with van der Waals surface area (Å²) in [5, 5.41) is 17.6. The van der Waals surface area contributed by atoms with E-state index < -0.39 is 11.9 Å². The number of benzene rings is 1. The van der Waals surface area contributed by atoms with Crippen molar-refractivity contribution in [1.82, 2.24) is 0 Å². The van der Waals surface area contributed by atoms with E-state index in [-0.39, 0.29) is 16.9 Å². The Morgan fingerprint density at radius 2 is 1.92 bits per heavy atom. The number of primary amides is 1. The number of carboxylic acid groups (broad SMARTS) is 1. The number of nitrogens with two attached hydrogens (primary N) is 1. The lowest BCUT2D eigenvalue weighted by Crippen LogP contribution is -2.12. The van der Waals surface area contributed by atoms with Crippen molar-refractivity contribution in [2.45, 2.75) is 0 Å². The van der Waals surface area contributed by atoms with Crippen LogP contribution in [0.15, 0.2) is 18.2 Å². The molecule has 0 aliphatic carbocycles. The van der Waals surface area contributed by atoms with Crippen LogP contribution in [0.1, 0.15) is 20.7 Å². The number of hydrogen-bond donors (Lipinski definition) is 3. The highest BCUT2D eigenvalue weighted by atomic mass is 16.4. The van der Waals surface area contributed by atoms with E-state index in [1.54, 1.807) is 0 Å². The van der Waals surface area contributed by atoms with Gasteiger partial charge in [-0.05, 0) is 18.2 Å². The molecule has 0 atom stereocenters. The summed E-state index contributed by atoms with van der Waals surface area (Å²) in [5.41, 5.74) is 4.61. The molecule has 1 amide bonds. The van der Waals surface area contributed by atoms with Crippen LogP contribution in [-0.4, -0.2) is 22.1 Å². The van der Waals surface area contributed by atoms with Crippen LogP contribution in [0.25, 0.3) is 0 Å². The van der Waals surface area contributed by atoms with Gasteiger partial charge in [0.2, 0.25) is 0 Å². The highest BCUT2D eigenvalue weighted by molar-refractivity contribution is 5.98. The van der Waals surface area contributed by atoms with E-state index >= 15 is 0 Å². The maximum absolute atomic E-state index is 10.7. The topological polar surface area (TPSA) is 101 Å². The fourth-order valence-electron chi connectivity index (χ4n) is 0.866. The third kappa shape index (κ3) is 1.76. The highest BCUT2D eigenvalue weighted by Crippen LogP contribution is 2.17. The Morgan fingerprint density at radius 1 is 1.31 bits per heavy atom. The van der Waals surface area contributed by atoms with Crippen molar-refractivity contribution in [3.63, 3.8) is 0 Å². The monoisotopic (exact) mass is 181 g/mol. The van der Waals surface area contributed by atoms with Gasteiger partial charge in [0.25, 0.3) is 5.91 Å². The van der Waals surface area contributed by atoms with E-state index in [0.717, 1.165) is 12.1 Å². The van der Waals surface area contributed by atoms with Crippen molar-refractivity contribution < 1.29 is 19.8 Å². The molecule has 0 radical (unpaired) electrons.